The minimum absolute atomic E-state index is 0.219. The topological polar surface area (TPSA) is 56.4 Å². The van der Waals surface area contributed by atoms with Crippen molar-refractivity contribution in [1.82, 2.24) is 9.88 Å². The van der Waals surface area contributed by atoms with Crippen LogP contribution in [0.5, 0.6) is 0 Å². The second-order valence-electron chi connectivity index (χ2n) is 5.95. The van der Waals surface area contributed by atoms with E-state index in [1.54, 1.807) is 12.5 Å². The first-order chi connectivity index (χ1) is 12.8. The quantitative estimate of drug-likeness (QED) is 0.569. The molecule has 5 heteroatoms. The van der Waals surface area contributed by atoms with Gasteiger partial charge in [0, 0.05) is 11.8 Å². The SMILES string of the molecule is O=C(NC(c1ccoc1)n1ccc2ccccc21)OCc1ccccc1. The van der Waals surface area contributed by atoms with Crippen LogP contribution in [-0.4, -0.2) is 10.7 Å². The standard InChI is InChI=1S/C21H18N2O3/c24-21(26-14-16-6-2-1-3-7-16)22-20(18-11-13-25-15-18)23-12-10-17-8-4-5-9-19(17)23/h1-13,15,20H,14H2,(H,22,24). The van der Waals surface area contributed by atoms with Crippen LogP contribution in [0.1, 0.15) is 17.3 Å². The van der Waals surface area contributed by atoms with Crippen LogP contribution in [-0.2, 0) is 11.3 Å². The molecule has 1 unspecified atom stereocenters. The number of fused-ring (bicyclic) bond motifs is 1. The number of hydrogen-bond donors (Lipinski definition) is 1. The maximum atomic E-state index is 12.4. The number of aromatic nitrogens is 1. The van der Waals surface area contributed by atoms with Gasteiger partial charge in [-0.3, -0.25) is 5.32 Å². The molecule has 2 aromatic carbocycles. The van der Waals surface area contributed by atoms with E-state index in [4.69, 9.17) is 9.15 Å². The molecule has 26 heavy (non-hydrogen) atoms. The molecule has 0 fully saturated rings. The van der Waals surface area contributed by atoms with Gasteiger partial charge in [-0.25, -0.2) is 4.79 Å². The maximum Gasteiger partial charge on any atom is 0.409 e. The lowest BCUT2D eigenvalue weighted by atomic mass is 10.2. The monoisotopic (exact) mass is 346 g/mol. The van der Waals surface area contributed by atoms with Gasteiger partial charge in [-0.1, -0.05) is 48.5 Å². The fourth-order valence-corrected chi connectivity index (χ4v) is 2.95. The van der Waals surface area contributed by atoms with E-state index < -0.39 is 12.3 Å². The van der Waals surface area contributed by atoms with Gasteiger partial charge < -0.3 is 13.7 Å². The molecule has 4 aromatic rings. The first-order valence-corrected chi connectivity index (χ1v) is 8.36. The Bertz CT molecular complexity index is 990. The van der Waals surface area contributed by atoms with Crippen molar-refractivity contribution < 1.29 is 13.9 Å². The number of nitrogens with one attached hydrogen (secondary N) is 1. The number of amides is 1. The molecule has 2 aromatic heterocycles. The van der Waals surface area contributed by atoms with Gasteiger partial charge >= 0.3 is 6.09 Å². The number of para-hydroxylation sites is 1. The first-order valence-electron chi connectivity index (χ1n) is 8.36. The van der Waals surface area contributed by atoms with Crippen molar-refractivity contribution in [2.24, 2.45) is 0 Å². The molecule has 0 radical (unpaired) electrons. The van der Waals surface area contributed by atoms with E-state index in [0.717, 1.165) is 22.0 Å². The third-order valence-corrected chi connectivity index (χ3v) is 4.23. The van der Waals surface area contributed by atoms with E-state index in [1.165, 1.54) is 0 Å². The highest BCUT2D eigenvalue weighted by atomic mass is 16.5. The zero-order valence-electron chi connectivity index (χ0n) is 14.0. The molecular weight excluding hydrogens is 328 g/mol. The number of nitrogens with zero attached hydrogens (tertiary/aromatic N) is 1. The molecule has 4 rings (SSSR count). The predicted molar refractivity (Wildman–Crippen MR) is 98.5 cm³/mol. The highest BCUT2D eigenvalue weighted by Gasteiger charge is 2.19. The van der Waals surface area contributed by atoms with Crippen LogP contribution in [0.15, 0.2) is 89.9 Å². The van der Waals surface area contributed by atoms with Crippen molar-refractivity contribution in [3.8, 4) is 0 Å². The number of carbonyl (C=O) groups excluding carboxylic acids is 1. The summed E-state index contributed by atoms with van der Waals surface area (Å²) in [7, 11) is 0. The summed E-state index contributed by atoms with van der Waals surface area (Å²) in [6, 6.07) is 21.4. The van der Waals surface area contributed by atoms with Gasteiger partial charge in [-0.05, 0) is 29.1 Å². The van der Waals surface area contributed by atoms with E-state index >= 15 is 0 Å². The average molecular weight is 346 g/mol. The molecule has 0 aliphatic rings. The molecule has 1 N–H and O–H groups in total. The Balaban J connectivity index is 1.56. The summed E-state index contributed by atoms with van der Waals surface area (Å²) in [4.78, 5) is 12.4. The highest BCUT2D eigenvalue weighted by Crippen LogP contribution is 2.24. The first kappa shape index (κ1) is 16.0. The molecule has 0 saturated heterocycles. The minimum Gasteiger partial charge on any atom is -0.472 e. The van der Waals surface area contributed by atoms with E-state index in [1.807, 2.05) is 77.5 Å². The lowest BCUT2D eigenvalue weighted by Crippen LogP contribution is -2.33. The van der Waals surface area contributed by atoms with Gasteiger partial charge in [0.15, 0.2) is 0 Å². The third-order valence-electron chi connectivity index (χ3n) is 4.23. The molecule has 0 aliphatic carbocycles. The van der Waals surface area contributed by atoms with Crippen LogP contribution in [0.4, 0.5) is 4.79 Å². The van der Waals surface area contributed by atoms with Gasteiger partial charge in [0.05, 0.1) is 18.0 Å². The zero-order chi connectivity index (χ0) is 17.8. The Kier molecular flexibility index (Phi) is 4.43. The Labute approximate surface area is 150 Å². The van der Waals surface area contributed by atoms with E-state index in [0.29, 0.717) is 0 Å². The number of rotatable bonds is 5. The van der Waals surface area contributed by atoms with Crippen molar-refractivity contribution in [2.75, 3.05) is 0 Å². The molecule has 1 atom stereocenters. The molecular formula is C21H18N2O3. The number of furan rings is 1. The molecule has 0 aliphatic heterocycles. The number of alkyl carbamates (subject to hydrolysis) is 1. The third kappa shape index (κ3) is 3.32. The number of carbonyl (C=O) groups is 1. The summed E-state index contributed by atoms with van der Waals surface area (Å²) < 4.78 is 12.6. The highest BCUT2D eigenvalue weighted by molar-refractivity contribution is 5.80. The smallest absolute Gasteiger partial charge is 0.409 e. The van der Waals surface area contributed by atoms with Gasteiger partial charge in [0.25, 0.3) is 0 Å². The molecule has 0 bridgehead atoms. The van der Waals surface area contributed by atoms with Crippen molar-refractivity contribution in [2.45, 2.75) is 12.8 Å². The maximum absolute atomic E-state index is 12.4. The summed E-state index contributed by atoms with van der Waals surface area (Å²) in [6.45, 7) is 0.219. The summed E-state index contributed by atoms with van der Waals surface area (Å²) in [5, 5.41) is 4.02. The zero-order valence-corrected chi connectivity index (χ0v) is 14.0. The second-order valence-corrected chi connectivity index (χ2v) is 5.95. The fourth-order valence-electron chi connectivity index (χ4n) is 2.95. The van der Waals surface area contributed by atoms with E-state index in [9.17, 15) is 4.79 Å². The Hall–Kier alpha value is -3.47. The van der Waals surface area contributed by atoms with Crippen LogP contribution in [0.2, 0.25) is 0 Å². The fraction of sp³-hybridized carbons (Fsp3) is 0.0952. The van der Waals surface area contributed by atoms with Crippen LogP contribution < -0.4 is 5.32 Å². The summed E-state index contributed by atoms with van der Waals surface area (Å²) in [6.07, 6.45) is 4.25. The Morgan fingerprint density at radius 1 is 1.04 bits per heavy atom. The summed E-state index contributed by atoms with van der Waals surface area (Å²) >= 11 is 0. The van der Waals surface area contributed by atoms with Crippen LogP contribution >= 0.6 is 0 Å². The van der Waals surface area contributed by atoms with Gasteiger partial charge in [0.1, 0.15) is 12.8 Å². The molecule has 2 heterocycles. The van der Waals surface area contributed by atoms with Crippen molar-refractivity contribution >= 4 is 17.0 Å². The molecule has 5 nitrogen and oxygen atoms in total. The van der Waals surface area contributed by atoms with Crippen LogP contribution in [0, 0.1) is 0 Å². The van der Waals surface area contributed by atoms with Crippen LogP contribution in [0.3, 0.4) is 0 Å². The number of benzene rings is 2. The number of hydrogen-bond acceptors (Lipinski definition) is 3. The van der Waals surface area contributed by atoms with E-state index in [-0.39, 0.29) is 6.61 Å². The van der Waals surface area contributed by atoms with Crippen molar-refractivity contribution in [3.63, 3.8) is 0 Å². The predicted octanol–water partition coefficient (Wildman–Crippen LogP) is 4.71. The summed E-state index contributed by atoms with van der Waals surface area (Å²) in [5.74, 6) is 0. The average Bonchev–Trinajstić information content (AvgIpc) is 3.35. The van der Waals surface area contributed by atoms with Crippen molar-refractivity contribution in [1.29, 1.82) is 0 Å². The Morgan fingerprint density at radius 2 is 1.85 bits per heavy atom. The Morgan fingerprint density at radius 3 is 2.65 bits per heavy atom. The minimum atomic E-state index is -0.488. The summed E-state index contributed by atoms with van der Waals surface area (Å²) in [5.41, 5.74) is 2.79. The number of ether oxygens (including phenoxy) is 1. The molecule has 0 saturated carbocycles. The molecule has 0 spiro atoms. The lowest BCUT2D eigenvalue weighted by Gasteiger charge is -2.20. The van der Waals surface area contributed by atoms with Gasteiger partial charge in [0.2, 0.25) is 0 Å². The normalized spacial score (nSPS) is 12.0. The second kappa shape index (κ2) is 7.19. The van der Waals surface area contributed by atoms with Gasteiger partial charge in [-0.15, -0.1) is 0 Å². The largest absolute Gasteiger partial charge is 0.472 e. The van der Waals surface area contributed by atoms with Crippen LogP contribution in [0.25, 0.3) is 10.9 Å². The van der Waals surface area contributed by atoms with Crippen molar-refractivity contribution in [3.05, 3.63) is 96.6 Å². The molecule has 1 amide bonds. The lowest BCUT2D eigenvalue weighted by molar-refractivity contribution is 0.134. The van der Waals surface area contributed by atoms with Gasteiger partial charge in [-0.2, -0.15) is 0 Å². The van der Waals surface area contributed by atoms with E-state index in [2.05, 4.69) is 5.32 Å². The molecule has 130 valence electrons.